The molecule has 5 N–H and O–H groups in total. The molecule has 4 heterocycles. The van der Waals surface area contributed by atoms with Crippen LogP contribution < -0.4 is 19.7 Å². The molecule has 3 aliphatic rings. The van der Waals surface area contributed by atoms with Crippen molar-refractivity contribution in [3.63, 3.8) is 0 Å². The number of nitrogens with one attached hydrogen (secondary N) is 3. The molecule has 1 unspecified atom stereocenters. The SMILES string of the molecule is CC1(C)CCC(CN2CCN(c3ccc(C(=O)NS(=O)(=O)c4ccc(NC[C@H]5CC[C@](C)(O)CC5)c([N+](=O)[O-])c4)c(Oc4cnc5[nH]ccc5c4)c3)CC2)=C(c2cc(-c3ccc(C(C)(O)C(F)(F)F)cc3F)cs2)C1. The van der Waals surface area contributed by atoms with E-state index in [0.717, 1.165) is 60.6 Å². The summed E-state index contributed by atoms with van der Waals surface area (Å²) in [5, 5.41) is 38.3. The Kier molecular flexibility index (Phi) is 14.7. The van der Waals surface area contributed by atoms with Crippen LogP contribution in [-0.4, -0.2) is 95.4 Å². The number of alkyl halides is 3. The average Bonchev–Trinajstić information content (AvgIpc) is 4.04. The molecule has 3 aromatic carbocycles. The molecule has 75 heavy (non-hydrogen) atoms. The first-order valence-electron chi connectivity index (χ1n) is 24.8. The summed E-state index contributed by atoms with van der Waals surface area (Å²) in [6, 6.07) is 16.8. The van der Waals surface area contributed by atoms with Crippen LogP contribution in [0.1, 0.15) is 93.4 Å². The maximum Gasteiger partial charge on any atom is 0.421 e. The lowest BCUT2D eigenvalue weighted by Gasteiger charge is -2.39. The minimum atomic E-state index is -4.98. The van der Waals surface area contributed by atoms with Gasteiger partial charge in [0.15, 0.2) is 5.60 Å². The van der Waals surface area contributed by atoms with Gasteiger partial charge in [-0.05, 0) is 141 Å². The smallest absolute Gasteiger partial charge is 0.421 e. The number of aromatic amines is 1. The van der Waals surface area contributed by atoms with Gasteiger partial charge in [0.1, 0.15) is 28.7 Å². The second-order valence-corrected chi connectivity index (χ2v) is 23.8. The Balaban J connectivity index is 0.911. The van der Waals surface area contributed by atoms with Crippen molar-refractivity contribution in [2.24, 2.45) is 11.3 Å². The first kappa shape index (κ1) is 53.4. The molecule has 1 saturated heterocycles. The number of nitro groups is 1. The summed E-state index contributed by atoms with van der Waals surface area (Å²) in [5.41, 5.74) is -0.549. The number of aromatic nitrogens is 2. The van der Waals surface area contributed by atoms with Crippen molar-refractivity contribution in [2.75, 3.05) is 49.5 Å². The highest BCUT2D eigenvalue weighted by Gasteiger charge is 2.51. The van der Waals surface area contributed by atoms with Crippen molar-refractivity contribution in [3.8, 4) is 22.6 Å². The van der Waals surface area contributed by atoms with E-state index in [1.165, 1.54) is 52.9 Å². The number of fused-ring (bicyclic) bond motifs is 1. The van der Waals surface area contributed by atoms with Crippen LogP contribution in [0.25, 0.3) is 27.7 Å². The number of H-pyrrole nitrogens is 1. The van der Waals surface area contributed by atoms with Crippen LogP contribution in [0.4, 0.5) is 34.6 Å². The van der Waals surface area contributed by atoms with E-state index >= 15 is 4.39 Å². The number of pyridine rings is 1. The number of allylic oxidation sites excluding steroid dienone is 1. The predicted molar refractivity (Wildman–Crippen MR) is 280 cm³/mol. The van der Waals surface area contributed by atoms with Gasteiger partial charge in [0, 0.05) is 79.1 Å². The monoisotopic (exact) mass is 1070 g/mol. The number of thiophene rings is 1. The first-order valence-corrected chi connectivity index (χ1v) is 27.1. The largest absolute Gasteiger partial charge is 0.455 e. The van der Waals surface area contributed by atoms with Gasteiger partial charge >= 0.3 is 6.18 Å². The summed E-state index contributed by atoms with van der Waals surface area (Å²) in [6.45, 7) is 10.4. The number of rotatable bonds is 15. The Morgan fingerprint density at radius 3 is 2.45 bits per heavy atom. The van der Waals surface area contributed by atoms with E-state index in [0.29, 0.717) is 75.9 Å². The first-order chi connectivity index (χ1) is 35.3. The lowest BCUT2D eigenvalue weighted by atomic mass is 9.73. The van der Waals surface area contributed by atoms with Gasteiger partial charge in [-0.1, -0.05) is 31.6 Å². The van der Waals surface area contributed by atoms with Crippen molar-refractivity contribution < 1.29 is 50.6 Å². The lowest BCUT2D eigenvalue weighted by Crippen LogP contribution is -2.47. The Labute approximate surface area is 435 Å². The summed E-state index contributed by atoms with van der Waals surface area (Å²) in [5.74, 6) is -1.38. The normalized spacial score (nSPS) is 20.5. The van der Waals surface area contributed by atoms with Crippen LogP contribution in [0.2, 0.25) is 0 Å². The minimum Gasteiger partial charge on any atom is -0.455 e. The third-order valence-electron chi connectivity index (χ3n) is 14.9. The molecule has 6 aromatic rings. The number of carbonyl (C=O) groups is 1. The summed E-state index contributed by atoms with van der Waals surface area (Å²) < 4.78 is 92.0. The average molecular weight is 1070 g/mol. The second kappa shape index (κ2) is 20.6. The predicted octanol–water partition coefficient (Wildman–Crippen LogP) is 11.2. The third-order valence-corrected chi connectivity index (χ3v) is 17.2. The number of piperazine rings is 1. The fraction of sp³-hybridized carbons (Fsp3) is 0.407. The highest BCUT2D eigenvalue weighted by atomic mass is 32.2. The molecule has 0 radical (unpaired) electrons. The minimum absolute atomic E-state index is 0.00143. The zero-order valence-electron chi connectivity index (χ0n) is 41.9. The highest BCUT2D eigenvalue weighted by Crippen LogP contribution is 2.47. The van der Waals surface area contributed by atoms with Gasteiger partial charge in [-0.15, -0.1) is 11.3 Å². The zero-order valence-corrected chi connectivity index (χ0v) is 43.5. The molecule has 21 heteroatoms. The number of halogens is 4. The number of amides is 1. The summed E-state index contributed by atoms with van der Waals surface area (Å²) in [6.07, 6.45) is 3.49. The fourth-order valence-corrected chi connectivity index (χ4v) is 12.1. The lowest BCUT2D eigenvalue weighted by molar-refractivity contribution is -0.384. The van der Waals surface area contributed by atoms with Gasteiger partial charge in [0.05, 0.1) is 27.2 Å². The van der Waals surface area contributed by atoms with Gasteiger partial charge in [-0.3, -0.25) is 19.8 Å². The van der Waals surface area contributed by atoms with Crippen LogP contribution in [0.3, 0.4) is 0 Å². The number of anilines is 2. The third kappa shape index (κ3) is 11.9. The van der Waals surface area contributed by atoms with Crippen LogP contribution in [0.15, 0.2) is 101 Å². The maximum atomic E-state index is 15.4. The second-order valence-electron chi connectivity index (χ2n) is 21.2. The number of nitro benzene ring substituents is 1. The Hall–Kier alpha value is -6.39. The Morgan fingerprint density at radius 2 is 1.75 bits per heavy atom. The van der Waals surface area contributed by atoms with Gasteiger partial charge in [-0.2, -0.15) is 13.2 Å². The van der Waals surface area contributed by atoms with Gasteiger partial charge in [-0.25, -0.2) is 22.5 Å². The van der Waals surface area contributed by atoms with Crippen LogP contribution in [0, 0.1) is 27.3 Å². The van der Waals surface area contributed by atoms with E-state index in [4.69, 9.17) is 4.74 Å². The van der Waals surface area contributed by atoms with E-state index in [2.05, 4.69) is 43.7 Å². The van der Waals surface area contributed by atoms with Crippen LogP contribution in [-0.2, 0) is 15.6 Å². The van der Waals surface area contributed by atoms with E-state index < -0.39 is 60.2 Å². The molecule has 0 bridgehead atoms. The molecule has 1 saturated carbocycles. The number of hydrogen-bond acceptors (Lipinski definition) is 13. The summed E-state index contributed by atoms with van der Waals surface area (Å²) >= 11 is 1.46. The number of nitrogens with zero attached hydrogens (tertiary/aromatic N) is 4. The van der Waals surface area contributed by atoms with Crippen molar-refractivity contribution in [1.82, 2.24) is 19.6 Å². The molecule has 398 valence electrons. The standard InChI is InChI=1S/C54H59F4N7O8S2/c1-51(2)15-13-35(43(28-51)48-24-36(32-74-48)41-8-5-37(25-44(41)55)53(4,68)54(56,57)58)31-63-19-21-64(22-20-63)38-6-9-42(47(26-38)73-39-23-34-14-18-59-49(34)61-30-39)50(66)62-75(71,72)40-7-10-45(46(27-40)65(69)70)60-29-33-11-16-52(3,67)17-12-33/h5-10,14,18,23-27,30,32-33,60,67-68H,11-13,15-17,19-22,28-29,31H2,1-4H3,(H,59,61)(H,62,66)/t33-,52-,53?. The molecule has 1 amide bonds. The number of aliphatic hydroxyl groups is 2. The zero-order chi connectivity index (χ0) is 53.7. The number of hydrogen-bond donors (Lipinski definition) is 5. The van der Waals surface area contributed by atoms with Gasteiger partial charge < -0.3 is 30.2 Å². The Bertz CT molecular complexity index is 3280. The van der Waals surface area contributed by atoms with Crippen molar-refractivity contribution >= 4 is 60.9 Å². The molecule has 2 aliphatic carbocycles. The molecule has 3 aromatic heterocycles. The fourth-order valence-electron chi connectivity index (χ4n) is 10.1. The van der Waals surface area contributed by atoms with Crippen molar-refractivity contribution in [2.45, 2.75) is 94.9 Å². The summed E-state index contributed by atoms with van der Waals surface area (Å²) in [7, 11) is -4.65. The number of ether oxygens (including phenoxy) is 1. The molecule has 9 rings (SSSR count). The summed E-state index contributed by atoms with van der Waals surface area (Å²) in [4.78, 5) is 38.0. The maximum absolute atomic E-state index is 15.4. The Morgan fingerprint density at radius 1 is 1.00 bits per heavy atom. The highest BCUT2D eigenvalue weighted by molar-refractivity contribution is 7.90. The number of sulfonamides is 1. The molecular weight excluding hydrogens is 1010 g/mol. The molecule has 0 spiro atoms. The quantitative estimate of drug-likeness (QED) is 0.0370. The topological polar surface area (TPSA) is 203 Å². The van der Waals surface area contributed by atoms with Crippen LogP contribution in [0.5, 0.6) is 11.5 Å². The van der Waals surface area contributed by atoms with E-state index in [-0.39, 0.29) is 39.6 Å². The van der Waals surface area contributed by atoms with Crippen molar-refractivity contribution in [1.29, 1.82) is 0 Å². The molecule has 2 fully saturated rings. The van der Waals surface area contributed by atoms with Crippen LogP contribution >= 0.6 is 11.3 Å². The van der Waals surface area contributed by atoms with E-state index in [1.807, 2.05) is 6.07 Å². The molecule has 1 atom stereocenters. The van der Waals surface area contributed by atoms with E-state index in [1.54, 1.807) is 42.8 Å². The van der Waals surface area contributed by atoms with E-state index in [9.17, 15) is 46.7 Å². The molecule has 15 nitrogen and oxygen atoms in total. The molecular formula is C54H59F4N7O8S2. The number of benzene rings is 3. The van der Waals surface area contributed by atoms with Crippen molar-refractivity contribution in [3.05, 3.63) is 128 Å². The van der Waals surface area contributed by atoms with Gasteiger partial charge in [0.25, 0.3) is 21.6 Å². The van der Waals surface area contributed by atoms with Gasteiger partial charge in [0.2, 0.25) is 0 Å². The number of carbonyl (C=O) groups excluding carboxylic acids is 1. The molecule has 1 aliphatic heterocycles.